The van der Waals surface area contributed by atoms with Crippen LogP contribution in [0.4, 0.5) is 5.69 Å². The molecular formula is C14H24N2S. The zero-order chi connectivity index (χ0) is 12.5. The van der Waals surface area contributed by atoms with E-state index < -0.39 is 0 Å². The first-order chi connectivity index (χ1) is 8.24. The minimum absolute atomic E-state index is 0.994. The van der Waals surface area contributed by atoms with E-state index in [1.165, 1.54) is 29.8 Å². The molecule has 1 aromatic rings. The van der Waals surface area contributed by atoms with E-state index in [0.29, 0.717) is 0 Å². The topological polar surface area (TPSA) is 15.3 Å². The van der Waals surface area contributed by atoms with E-state index in [1.54, 1.807) is 0 Å². The molecule has 0 aliphatic heterocycles. The molecule has 0 atom stereocenters. The molecule has 0 bridgehead atoms. The molecule has 2 nitrogen and oxygen atoms in total. The number of unbranched alkanes of at least 4 members (excludes halogenated alkanes) is 1. The van der Waals surface area contributed by atoms with Crippen LogP contribution in [0, 0.1) is 0 Å². The summed E-state index contributed by atoms with van der Waals surface area (Å²) in [6.45, 7) is 2.07. The van der Waals surface area contributed by atoms with Gasteiger partial charge in [0.05, 0.1) is 0 Å². The highest BCUT2D eigenvalue weighted by Crippen LogP contribution is 2.16. The number of rotatable bonds is 8. The summed E-state index contributed by atoms with van der Waals surface area (Å²) in [5.41, 5.74) is 2.66. The first-order valence-electron chi connectivity index (χ1n) is 6.19. The van der Waals surface area contributed by atoms with E-state index in [1.807, 2.05) is 11.8 Å². The second kappa shape index (κ2) is 8.43. The first-order valence-corrected chi connectivity index (χ1v) is 7.59. The number of para-hydroxylation sites is 1. The van der Waals surface area contributed by atoms with Crippen LogP contribution in [0.2, 0.25) is 0 Å². The van der Waals surface area contributed by atoms with Crippen LogP contribution in [-0.2, 0) is 6.54 Å². The van der Waals surface area contributed by atoms with Crippen molar-refractivity contribution in [1.82, 2.24) is 4.90 Å². The molecule has 0 heterocycles. The van der Waals surface area contributed by atoms with Crippen molar-refractivity contribution in [3.63, 3.8) is 0 Å². The van der Waals surface area contributed by atoms with Gasteiger partial charge in [0.2, 0.25) is 0 Å². The van der Waals surface area contributed by atoms with Crippen LogP contribution in [0.3, 0.4) is 0 Å². The van der Waals surface area contributed by atoms with Crippen LogP contribution >= 0.6 is 11.8 Å². The zero-order valence-electron chi connectivity index (χ0n) is 11.2. The van der Waals surface area contributed by atoms with Crippen molar-refractivity contribution in [2.45, 2.75) is 19.4 Å². The number of hydrogen-bond acceptors (Lipinski definition) is 3. The maximum absolute atomic E-state index is 3.54. The molecule has 0 amide bonds. The maximum atomic E-state index is 3.54. The van der Waals surface area contributed by atoms with Crippen molar-refractivity contribution in [2.24, 2.45) is 0 Å². The molecule has 17 heavy (non-hydrogen) atoms. The average molecular weight is 252 g/mol. The normalized spacial score (nSPS) is 10.8. The standard InChI is InChI=1S/C14H24N2S/c1-16(2)12-13-8-4-5-9-14(13)15-10-6-7-11-17-3/h4-5,8-9,15H,6-7,10-12H2,1-3H3. The van der Waals surface area contributed by atoms with Crippen LogP contribution in [0.15, 0.2) is 24.3 Å². The van der Waals surface area contributed by atoms with Gasteiger partial charge >= 0.3 is 0 Å². The summed E-state index contributed by atoms with van der Waals surface area (Å²) in [7, 11) is 4.21. The van der Waals surface area contributed by atoms with Crippen molar-refractivity contribution in [3.8, 4) is 0 Å². The Kier molecular flexibility index (Phi) is 7.13. The Labute approximate surface area is 110 Å². The minimum Gasteiger partial charge on any atom is -0.385 e. The molecule has 0 aliphatic carbocycles. The lowest BCUT2D eigenvalue weighted by Gasteiger charge is -2.15. The van der Waals surface area contributed by atoms with Crippen LogP contribution in [0.25, 0.3) is 0 Å². The second-order valence-corrected chi connectivity index (χ2v) is 5.51. The SMILES string of the molecule is CSCCCCNc1ccccc1CN(C)C. The molecule has 1 N–H and O–H groups in total. The quantitative estimate of drug-likeness (QED) is 0.715. The van der Waals surface area contributed by atoms with Crippen LogP contribution in [0.5, 0.6) is 0 Å². The Balaban J connectivity index is 2.40. The van der Waals surface area contributed by atoms with Gasteiger partial charge in [-0.1, -0.05) is 18.2 Å². The van der Waals surface area contributed by atoms with Gasteiger partial charge in [0.25, 0.3) is 0 Å². The Hall–Kier alpha value is -0.670. The van der Waals surface area contributed by atoms with Gasteiger partial charge in [0, 0.05) is 18.8 Å². The van der Waals surface area contributed by atoms with Gasteiger partial charge < -0.3 is 10.2 Å². The predicted molar refractivity (Wildman–Crippen MR) is 79.9 cm³/mol. The third kappa shape index (κ3) is 5.99. The predicted octanol–water partition coefficient (Wildman–Crippen LogP) is 3.30. The lowest BCUT2D eigenvalue weighted by atomic mass is 10.1. The molecule has 0 aromatic heterocycles. The lowest BCUT2D eigenvalue weighted by Crippen LogP contribution is -2.13. The van der Waals surface area contributed by atoms with Crippen LogP contribution < -0.4 is 5.32 Å². The number of hydrogen-bond donors (Lipinski definition) is 1. The number of nitrogens with one attached hydrogen (secondary N) is 1. The largest absolute Gasteiger partial charge is 0.385 e. The first kappa shape index (κ1) is 14.4. The van der Waals surface area contributed by atoms with E-state index in [0.717, 1.165) is 13.1 Å². The lowest BCUT2D eigenvalue weighted by molar-refractivity contribution is 0.403. The molecule has 3 heteroatoms. The average Bonchev–Trinajstić information content (AvgIpc) is 2.30. The minimum atomic E-state index is 0.994. The van der Waals surface area contributed by atoms with Gasteiger partial charge in [0.1, 0.15) is 0 Å². The third-order valence-corrected chi connectivity index (χ3v) is 3.29. The van der Waals surface area contributed by atoms with Gasteiger partial charge in [-0.25, -0.2) is 0 Å². The molecule has 0 radical (unpaired) electrons. The van der Waals surface area contributed by atoms with Crippen molar-refractivity contribution in [2.75, 3.05) is 38.0 Å². The highest BCUT2D eigenvalue weighted by atomic mass is 32.2. The molecule has 0 spiro atoms. The third-order valence-electron chi connectivity index (χ3n) is 2.59. The fourth-order valence-corrected chi connectivity index (χ4v) is 2.26. The van der Waals surface area contributed by atoms with Gasteiger partial charge in [-0.05, 0) is 50.6 Å². The number of anilines is 1. The summed E-state index contributed by atoms with van der Waals surface area (Å²) < 4.78 is 0. The van der Waals surface area contributed by atoms with Crippen molar-refractivity contribution in [3.05, 3.63) is 29.8 Å². The van der Waals surface area contributed by atoms with Crippen LogP contribution in [0.1, 0.15) is 18.4 Å². The van der Waals surface area contributed by atoms with Crippen molar-refractivity contribution in [1.29, 1.82) is 0 Å². The van der Waals surface area contributed by atoms with E-state index in [4.69, 9.17) is 0 Å². The highest BCUT2D eigenvalue weighted by Gasteiger charge is 2.01. The summed E-state index contributed by atoms with van der Waals surface area (Å²) >= 11 is 1.92. The molecule has 0 saturated heterocycles. The molecule has 1 rings (SSSR count). The summed E-state index contributed by atoms with van der Waals surface area (Å²) in [4.78, 5) is 2.20. The van der Waals surface area contributed by atoms with E-state index in [9.17, 15) is 0 Å². The Bertz CT molecular complexity index is 313. The van der Waals surface area contributed by atoms with Crippen LogP contribution in [-0.4, -0.2) is 37.5 Å². The summed E-state index contributed by atoms with van der Waals surface area (Å²) in [5.74, 6) is 1.26. The second-order valence-electron chi connectivity index (χ2n) is 4.52. The monoisotopic (exact) mass is 252 g/mol. The molecule has 0 fully saturated rings. The van der Waals surface area contributed by atoms with Gasteiger partial charge in [-0.2, -0.15) is 11.8 Å². The summed E-state index contributed by atoms with van der Waals surface area (Å²) in [6.07, 6.45) is 4.71. The maximum Gasteiger partial charge on any atom is 0.0385 e. The van der Waals surface area contributed by atoms with E-state index in [-0.39, 0.29) is 0 Å². The summed E-state index contributed by atoms with van der Waals surface area (Å²) in [5, 5.41) is 3.54. The van der Waals surface area contributed by atoms with Crippen molar-refractivity contribution < 1.29 is 0 Å². The van der Waals surface area contributed by atoms with E-state index >= 15 is 0 Å². The Morgan fingerprint density at radius 2 is 1.94 bits per heavy atom. The van der Waals surface area contributed by atoms with Gasteiger partial charge in [0.15, 0.2) is 0 Å². The van der Waals surface area contributed by atoms with Gasteiger partial charge in [-0.3, -0.25) is 0 Å². The summed E-state index contributed by atoms with van der Waals surface area (Å²) in [6, 6.07) is 8.58. The fourth-order valence-electron chi connectivity index (χ4n) is 1.77. The Morgan fingerprint density at radius 3 is 2.65 bits per heavy atom. The van der Waals surface area contributed by atoms with Crippen molar-refractivity contribution >= 4 is 17.4 Å². The smallest absolute Gasteiger partial charge is 0.0385 e. The Morgan fingerprint density at radius 1 is 1.18 bits per heavy atom. The number of benzene rings is 1. The molecular weight excluding hydrogens is 228 g/mol. The molecule has 0 saturated carbocycles. The van der Waals surface area contributed by atoms with Gasteiger partial charge in [-0.15, -0.1) is 0 Å². The molecule has 1 aromatic carbocycles. The molecule has 0 aliphatic rings. The van der Waals surface area contributed by atoms with E-state index in [2.05, 4.69) is 54.8 Å². The fraction of sp³-hybridized carbons (Fsp3) is 0.571. The molecule has 96 valence electrons. The molecule has 0 unspecified atom stereocenters. The zero-order valence-corrected chi connectivity index (χ0v) is 12.0. The number of thioether (sulfide) groups is 1. The highest BCUT2D eigenvalue weighted by molar-refractivity contribution is 7.98. The number of nitrogens with zero attached hydrogens (tertiary/aromatic N) is 1.